The van der Waals surface area contributed by atoms with Crippen LogP contribution in [0.15, 0.2) is 18.7 Å². The molecule has 5 nitrogen and oxygen atoms in total. The van der Waals surface area contributed by atoms with Crippen LogP contribution in [-0.2, 0) is 0 Å². The maximum Gasteiger partial charge on any atom is 0.231 e. The Kier molecular flexibility index (Phi) is 2.60. The van der Waals surface area contributed by atoms with Gasteiger partial charge in [-0.3, -0.25) is 9.36 Å². The molecule has 1 fully saturated rings. The Morgan fingerprint density at radius 2 is 2.50 bits per heavy atom. The average molecular weight is 194 g/mol. The molecule has 1 saturated heterocycles. The summed E-state index contributed by atoms with van der Waals surface area (Å²) in [5.41, 5.74) is 0. The third-order valence-corrected chi connectivity index (χ3v) is 2.57. The first kappa shape index (κ1) is 9.36. The van der Waals surface area contributed by atoms with Crippen LogP contribution < -0.4 is 0 Å². The summed E-state index contributed by atoms with van der Waals surface area (Å²) in [6, 6.07) is 0.0578. The molecule has 0 N–H and O–H groups in total. The van der Waals surface area contributed by atoms with E-state index in [1.165, 1.54) is 10.9 Å². The lowest BCUT2D eigenvalue weighted by atomic mass is 10.0. The highest BCUT2D eigenvalue weighted by Crippen LogP contribution is 2.20. The first-order chi connectivity index (χ1) is 6.77. The van der Waals surface area contributed by atoms with Crippen LogP contribution in [-0.4, -0.2) is 33.1 Å². The first-order valence-electron chi connectivity index (χ1n) is 4.72. The van der Waals surface area contributed by atoms with Crippen LogP contribution in [0.2, 0.25) is 0 Å². The van der Waals surface area contributed by atoms with E-state index < -0.39 is 0 Å². The highest BCUT2D eigenvalue weighted by Gasteiger charge is 2.20. The van der Waals surface area contributed by atoms with Crippen molar-refractivity contribution in [2.24, 2.45) is 0 Å². The fourth-order valence-electron chi connectivity index (χ4n) is 1.53. The van der Waals surface area contributed by atoms with Gasteiger partial charge in [0, 0.05) is 18.8 Å². The minimum Gasteiger partial charge on any atom is -0.785 e. The first-order valence-corrected chi connectivity index (χ1v) is 4.72. The summed E-state index contributed by atoms with van der Waals surface area (Å²) < 4.78 is 1.45. The smallest absolute Gasteiger partial charge is 0.231 e. The predicted molar refractivity (Wildman–Crippen MR) is 50.6 cm³/mol. The van der Waals surface area contributed by atoms with Crippen LogP contribution >= 0.6 is 0 Å². The summed E-state index contributed by atoms with van der Waals surface area (Å²) in [5, 5.41) is 12.0. The molecule has 1 aliphatic heterocycles. The van der Waals surface area contributed by atoms with Gasteiger partial charge in [0.15, 0.2) is 0 Å². The van der Waals surface area contributed by atoms with Gasteiger partial charge in [-0.1, -0.05) is 0 Å². The van der Waals surface area contributed by atoms with E-state index >= 15 is 0 Å². The molecular formula is C9H12N3O2-. The Morgan fingerprint density at radius 3 is 3.00 bits per heavy atom. The second kappa shape index (κ2) is 3.89. The normalized spacial score (nSPS) is 21.9. The van der Waals surface area contributed by atoms with Crippen molar-refractivity contribution in [3.63, 3.8) is 0 Å². The fourth-order valence-corrected chi connectivity index (χ4v) is 1.53. The molecule has 2 heterocycles. The van der Waals surface area contributed by atoms with Gasteiger partial charge in [0.1, 0.15) is 6.33 Å². The van der Waals surface area contributed by atoms with Crippen molar-refractivity contribution in [2.45, 2.75) is 25.3 Å². The van der Waals surface area contributed by atoms with Gasteiger partial charge >= 0.3 is 0 Å². The Labute approximate surface area is 81.9 Å². The quantitative estimate of drug-likeness (QED) is 0.716. The van der Waals surface area contributed by atoms with Crippen molar-refractivity contribution in [3.8, 4) is 0 Å². The standard InChI is InChI=1S/C9H12N3O2/c13-9(11-6-4-10-7-11)2-1-8-3-5-12(8)14/h4,6-8H,1-3,5H2/q-1. The molecule has 14 heavy (non-hydrogen) atoms. The lowest BCUT2D eigenvalue weighted by molar-refractivity contribution is 0.0855. The van der Waals surface area contributed by atoms with Gasteiger partial charge in [0.25, 0.3) is 0 Å². The molecule has 2 rings (SSSR count). The van der Waals surface area contributed by atoms with Crippen LogP contribution in [0.5, 0.6) is 0 Å². The summed E-state index contributed by atoms with van der Waals surface area (Å²) in [6.45, 7) is 0.615. The highest BCUT2D eigenvalue weighted by molar-refractivity contribution is 5.78. The zero-order chi connectivity index (χ0) is 9.97. The average Bonchev–Trinajstić information content (AvgIpc) is 2.68. The summed E-state index contributed by atoms with van der Waals surface area (Å²) in [5.74, 6) is 0.00259. The molecule has 0 aromatic carbocycles. The van der Waals surface area contributed by atoms with E-state index in [0.29, 0.717) is 19.4 Å². The van der Waals surface area contributed by atoms with Gasteiger partial charge in [-0.25, -0.2) is 4.98 Å². The van der Waals surface area contributed by atoms with Gasteiger partial charge < -0.3 is 10.3 Å². The molecule has 1 aromatic rings. The minimum atomic E-state index is 0.00259. The molecular weight excluding hydrogens is 182 g/mol. The number of carbonyl (C=O) groups excluding carboxylic acids is 1. The zero-order valence-electron chi connectivity index (χ0n) is 7.80. The summed E-state index contributed by atoms with van der Waals surface area (Å²) in [6.07, 6.45) is 6.66. The number of hydroxylamine groups is 2. The summed E-state index contributed by atoms with van der Waals surface area (Å²) in [7, 11) is 0. The number of carbonyl (C=O) groups is 1. The molecule has 5 heteroatoms. The Morgan fingerprint density at radius 1 is 1.64 bits per heavy atom. The number of imidazole rings is 1. The van der Waals surface area contributed by atoms with Crippen LogP contribution in [0.3, 0.4) is 0 Å². The van der Waals surface area contributed by atoms with Crippen molar-refractivity contribution in [2.75, 3.05) is 6.54 Å². The van der Waals surface area contributed by atoms with Crippen molar-refractivity contribution >= 4 is 5.91 Å². The predicted octanol–water partition coefficient (Wildman–Crippen LogP) is 0.876. The van der Waals surface area contributed by atoms with Gasteiger partial charge in [0.2, 0.25) is 5.91 Å². The number of aromatic nitrogens is 2. The number of nitrogens with zero attached hydrogens (tertiary/aromatic N) is 3. The molecule has 1 unspecified atom stereocenters. The number of hydrogen-bond donors (Lipinski definition) is 0. The maximum atomic E-state index is 11.5. The van der Waals surface area contributed by atoms with Crippen LogP contribution in [0.1, 0.15) is 24.1 Å². The molecule has 0 radical (unpaired) electrons. The SMILES string of the molecule is O=C(CCC1CCN1[O-])n1ccnc1. The zero-order valence-corrected chi connectivity index (χ0v) is 7.80. The van der Waals surface area contributed by atoms with Gasteiger partial charge in [-0.2, -0.15) is 0 Å². The molecule has 0 aliphatic carbocycles. The third-order valence-electron chi connectivity index (χ3n) is 2.57. The second-order valence-corrected chi connectivity index (χ2v) is 3.49. The van der Waals surface area contributed by atoms with E-state index in [1.807, 2.05) is 0 Å². The lowest BCUT2D eigenvalue weighted by Crippen LogP contribution is -2.43. The van der Waals surface area contributed by atoms with E-state index in [4.69, 9.17) is 0 Å². The Hall–Kier alpha value is -1.20. The van der Waals surface area contributed by atoms with Crippen molar-refractivity contribution in [1.82, 2.24) is 14.6 Å². The van der Waals surface area contributed by atoms with E-state index in [2.05, 4.69) is 4.98 Å². The van der Waals surface area contributed by atoms with Crippen LogP contribution in [0.4, 0.5) is 0 Å². The van der Waals surface area contributed by atoms with E-state index in [0.717, 1.165) is 11.5 Å². The molecule has 1 atom stereocenters. The monoisotopic (exact) mass is 194 g/mol. The van der Waals surface area contributed by atoms with E-state index in [-0.39, 0.29) is 11.9 Å². The lowest BCUT2D eigenvalue weighted by Gasteiger charge is -2.46. The molecule has 0 bridgehead atoms. The van der Waals surface area contributed by atoms with Crippen LogP contribution in [0, 0.1) is 5.21 Å². The van der Waals surface area contributed by atoms with Crippen molar-refractivity contribution in [1.29, 1.82) is 0 Å². The van der Waals surface area contributed by atoms with Crippen molar-refractivity contribution < 1.29 is 4.79 Å². The molecule has 0 spiro atoms. The molecule has 0 saturated carbocycles. The maximum absolute atomic E-state index is 11.5. The summed E-state index contributed by atoms with van der Waals surface area (Å²) >= 11 is 0. The number of hydrogen-bond acceptors (Lipinski definition) is 4. The molecule has 76 valence electrons. The Bertz CT molecular complexity index is 310. The van der Waals surface area contributed by atoms with Crippen molar-refractivity contribution in [3.05, 3.63) is 23.9 Å². The minimum absolute atomic E-state index is 0.00259. The third kappa shape index (κ3) is 1.83. The Balaban J connectivity index is 1.78. The molecule has 1 aromatic heterocycles. The van der Waals surface area contributed by atoms with Gasteiger partial charge in [-0.15, -0.1) is 0 Å². The molecule has 1 aliphatic rings. The topological polar surface area (TPSA) is 61.2 Å². The summed E-state index contributed by atoms with van der Waals surface area (Å²) in [4.78, 5) is 15.2. The largest absolute Gasteiger partial charge is 0.785 e. The van der Waals surface area contributed by atoms with Gasteiger partial charge in [-0.05, 0) is 25.4 Å². The highest BCUT2D eigenvalue weighted by atomic mass is 16.5. The number of rotatable bonds is 3. The second-order valence-electron chi connectivity index (χ2n) is 3.49. The van der Waals surface area contributed by atoms with E-state index in [9.17, 15) is 10.0 Å². The fraction of sp³-hybridized carbons (Fsp3) is 0.556. The van der Waals surface area contributed by atoms with Crippen LogP contribution in [0.25, 0.3) is 0 Å². The van der Waals surface area contributed by atoms with Gasteiger partial charge in [0.05, 0.1) is 0 Å². The van der Waals surface area contributed by atoms with E-state index in [1.54, 1.807) is 12.4 Å². The molecule has 0 amide bonds.